The van der Waals surface area contributed by atoms with Crippen molar-refractivity contribution in [2.45, 2.75) is 20.8 Å². The van der Waals surface area contributed by atoms with Crippen LogP contribution in [0.15, 0.2) is 23.3 Å². The zero-order chi connectivity index (χ0) is 19.5. The van der Waals surface area contributed by atoms with Crippen molar-refractivity contribution < 1.29 is 19.1 Å². The second-order valence-electron chi connectivity index (χ2n) is 6.20. The number of ether oxygens (including phenoxy) is 3. The molecule has 0 saturated carbocycles. The molecule has 150 valence electrons. The predicted molar refractivity (Wildman–Crippen MR) is 111 cm³/mol. The van der Waals surface area contributed by atoms with Gasteiger partial charge in [0.05, 0.1) is 45.2 Å². The predicted octanol–water partition coefficient (Wildman–Crippen LogP) is 0.587. The highest BCUT2D eigenvalue weighted by Crippen LogP contribution is 2.28. The van der Waals surface area contributed by atoms with E-state index in [4.69, 9.17) is 26.4 Å². The van der Waals surface area contributed by atoms with Crippen LogP contribution < -0.4 is 25.1 Å². The summed E-state index contributed by atoms with van der Waals surface area (Å²) >= 11 is 5.30. The number of hydrazone groups is 1. The first kappa shape index (κ1) is 21.4. The van der Waals surface area contributed by atoms with Gasteiger partial charge in [-0.15, -0.1) is 0 Å². The molecule has 1 saturated heterocycles. The van der Waals surface area contributed by atoms with E-state index in [-0.39, 0.29) is 0 Å². The van der Waals surface area contributed by atoms with Gasteiger partial charge in [0.25, 0.3) is 0 Å². The third-order valence-electron chi connectivity index (χ3n) is 4.25. The lowest BCUT2D eigenvalue weighted by atomic mass is 10.1. The van der Waals surface area contributed by atoms with Crippen LogP contribution in [0.5, 0.6) is 11.5 Å². The first-order valence-electron chi connectivity index (χ1n) is 9.53. The quantitative estimate of drug-likeness (QED) is 0.323. The van der Waals surface area contributed by atoms with E-state index in [0.717, 1.165) is 62.2 Å². The van der Waals surface area contributed by atoms with Crippen LogP contribution in [0, 0.1) is 0 Å². The zero-order valence-corrected chi connectivity index (χ0v) is 17.3. The maximum Gasteiger partial charge on any atom is 0.187 e. The second-order valence-corrected chi connectivity index (χ2v) is 6.61. The summed E-state index contributed by atoms with van der Waals surface area (Å²) in [6.45, 7) is 12.6. The molecule has 1 aromatic rings. The van der Waals surface area contributed by atoms with Gasteiger partial charge in [0, 0.05) is 5.56 Å². The van der Waals surface area contributed by atoms with Gasteiger partial charge in [-0.1, -0.05) is 0 Å². The summed E-state index contributed by atoms with van der Waals surface area (Å²) in [5.74, 6) is 1.47. The van der Waals surface area contributed by atoms with Crippen LogP contribution in [-0.2, 0) is 4.74 Å². The number of rotatable bonds is 9. The molecule has 0 amide bonds. The van der Waals surface area contributed by atoms with E-state index in [1.54, 1.807) is 0 Å². The lowest BCUT2D eigenvalue weighted by Gasteiger charge is -2.23. The van der Waals surface area contributed by atoms with Crippen molar-refractivity contribution in [1.82, 2.24) is 10.7 Å². The molecular formula is C19H31N4O3S+. The molecule has 8 heteroatoms. The van der Waals surface area contributed by atoms with E-state index < -0.39 is 0 Å². The molecule has 0 aliphatic carbocycles. The van der Waals surface area contributed by atoms with Gasteiger partial charge < -0.3 is 24.4 Å². The highest BCUT2D eigenvalue weighted by Gasteiger charge is 2.13. The number of thiocarbonyl (C=S) groups is 1. The third-order valence-corrected chi connectivity index (χ3v) is 4.49. The fraction of sp³-hybridized carbons (Fsp3) is 0.579. The number of benzene rings is 1. The highest BCUT2D eigenvalue weighted by molar-refractivity contribution is 7.80. The molecule has 0 bridgehead atoms. The smallest absolute Gasteiger partial charge is 0.187 e. The zero-order valence-electron chi connectivity index (χ0n) is 16.5. The normalized spacial score (nSPS) is 15.3. The number of hydrogen-bond acceptors (Lipinski definition) is 5. The number of hydrogen-bond donors (Lipinski definition) is 3. The van der Waals surface area contributed by atoms with E-state index in [1.165, 1.54) is 4.90 Å². The Labute approximate surface area is 167 Å². The SMILES string of the molecule is CCOc1ccc(/C(C)=N\NC(=S)NCC[NH+]2CCOCC2)cc1OCC. The van der Waals surface area contributed by atoms with E-state index in [0.29, 0.717) is 18.3 Å². The second kappa shape index (κ2) is 11.7. The van der Waals surface area contributed by atoms with Crippen molar-refractivity contribution in [2.75, 3.05) is 52.6 Å². The molecule has 1 heterocycles. The fourth-order valence-electron chi connectivity index (χ4n) is 2.78. The molecule has 3 N–H and O–H groups in total. The van der Waals surface area contributed by atoms with Gasteiger partial charge in [0.15, 0.2) is 16.6 Å². The van der Waals surface area contributed by atoms with Gasteiger partial charge in [-0.25, -0.2) is 0 Å². The molecule has 2 rings (SSSR count). The molecule has 0 atom stereocenters. The van der Waals surface area contributed by atoms with Crippen molar-refractivity contribution >= 4 is 23.0 Å². The molecular weight excluding hydrogens is 364 g/mol. The van der Waals surface area contributed by atoms with Crippen LogP contribution in [0.4, 0.5) is 0 Å². The summed E-state index contributed by atoms with van der Waals surface area (Å²) in [5, 5.41) is 8.10. The molecule has 1 aromatic carbocycles. The van der Waals surface area contributed by atoms with E-state index >= 15 is 0 Å². The number of nitrogens with zero attached hydrogens (tertiary/aromatic N) is 1. The third kappa shape index (κ3) is 7.32. The largest absolute Gasteiger partial charge is 0.490 e. The van der Waals surface area contributed by atoms with Crippen molar-refractivity contribution in [2.24, 2.45) is 5.10 Å². The monoisotopic (exact) mass is 395 g/mol. The van der Waals surface area contributed by atoms with Crippen LogP contribution >= 0.6 is 12.2 Å². The average Bonchev–Trinajstić information content (AvgIpc) is 2.68. The van der Waals surface area contributed by atoms with Gasteiger partial charge in [-0.2, -0.15) is 5.10 Å². The Bertz CT molecular complexity index is 633. The fourth-order valence-corrected chi connectivity index (χ4v) is 2.93. The Kier molecular flexibility index (Phi) is 9.30. The number of morpholine rings is 1. The summed E-state index contributed by atoms with van der Waals surface area (Å²) in [6.07, 6.45) is 0. The van der Waals surface area contributed by atoms with Gasteiger partial charge in [0.2, 0.25) is 0 Å². The molecule has 1 fully saturated rings. The Morgan fingerprint density at radius 2 is 1.89 bits per heavy atom. The van der Waals surface area contributed by atoms with Crippen molar-refractivity contribution in [3.8, 4) is 11.5 Å². The molecule has 0 spiro atoms. The maximum atomic E-state index is 5.67. The first-order valence-corrected chi connectivity index (χ1v) is 9.94. The molecule has 0 unspecified atom stereocenters. The minimum Gasteiger partial charge on any atom is -0.490 e. The summed E-state index contributed by atoms with van der Waals surface area (Å²) in [7, 11) is 0. The van der Waals surface area contributed by atoms with Gasteiger partial charge in [-0.05, 0) is 51.2 Å². The van der Waals surface area contributed by atoms with Crippen LogP contribution in [0.2, 0.25) is 0 Å². The summed E-state index contributed by atoms with van der Waals surface area (Å²) < 4.78 is 16.6. The number of nitrogens with one attached hydrogen (secondary N) is 3. The van der Waals surface area contributed by atoms with Crippen molar-refractivity contribution in [1.29, 1.82) is 0 Å². The molecule has 7 nitrogen and oxygen atoms in total. The first-order chi connectivity index (χ1) is 13.1. The molecule has 1 aliphatic rings. The molecule has 0 aromatic heterocycles. The summed E-state index contributed by atoms with van der Waals surface area (Å²) in [4.78, 5) is 1.54. The lowest BCUT2D eigenvalue weighted by molar-refractivity contribution is -0.906. The molecule has 27 heavy (non-hydrogen) atoms. The van der Waals surface area contributed by atoms with Gasteiger partial charge in [-0.3, -0.25) is 5.43 Å². The summed E-state index contributed by atoms with van der Waals surface area (Å²) in [6, 6.07) is 5.81. The van der Waals surface area contributed by atoms with Crippen LogP contribution in [0.3, 0.4) is 0 Å². The number of quaternary nitrogens is 1. The molecule has 1 aliphatic heterocycles. The van der Waals surface area contributed by atoms with E-state index in [2.05, 4.69) is 15.8 Å². The molecule has 0 radical (unpaired) electrons. The Morgan fingerprint density at radius 1 is 1.19 bits per heavy atom. The Morgan fingerprint density at radius 3 is 2.59 bits per heavy atom. The standard InChI is InChI=1S/C19H30N4O3S/c1-4-25-17-7-6-16(14-18(17)26-5-2)15(3)21-22-19(27)20-8-9-23-10-12-24-13-11-23/h6-7,14H,4-5,8-13H2,1-3H3,(H2,20,22,27)/p+1/b21-15-. The topological polar surface area (TPSA) is 68.5 Å². The van der Waals surface area contributed by atoms with Crippen molar-refractivity contribution in [3.63, 3.8) is 0 Å². The maximum absolute atomic E-state index is 5.67. The van der Waals surface area contributed by atoms with E-state index in [9.17, 15) is 0 Å². The lowest BCUT2D eigenvalue weighted by Crippen LogP contribution is -3.14. The Balaban J connectivity index is 1.84. The van der Waals surface area contributed by atoms with Crippen LogP contribution in [0.1, 0.15) is 26.3 Å². The minimum absolute atomic E-state index is 0.526. The van der Waals surface area contributed by atoms with Crippen molar-refractivity contribution in [3.05, 3.63) is 23.8 Å². The van der Waals surface area contributed by atoms with E-state index in [1.807, 2.05) is 39.0 Å². The summed E-state index contributed by atoms with van der Waals surface area (Å²) in [5.41, 5.74) is 4.69. The Hall–Kier alpha value is -1.90. The van der Waals surface area contributed by atoms with Gasteiger partial charge in [0.1, 0.15) is 13.1 Å². The highest BCUT2D eigenvalue weighted by atomic mass is 32.1. The van der Waals surface area contributed by atoms with Gasteiger partial charge >= 0.3 is 0 Å². The van der Waals surface area contributed by atoms with Crippen LogP contribution in [0.25, 0.3) is 0 Å². The average molecular weight is 396 g/mol. The minimum atomic E-state index is 0.526. The van der Waals surface area contributed by atoms with Crippen LogP contribution in [-0.4, -0.2) is 63.4 Å².